The second-order valence-electron chi connectivity index (χ2n) is 6.15. The second kappa shape index (κ2) is 9.01. The number of amides is 1. The van der Waals surface area contributed by atoms with Gasteiger partial charge in [-0.05, 0) is 25.0 Å². The summed E-state index contributed by atoms with van der Waals surface area (Å²) in [4.78, 5) is 14.7. The number of ether oxygens (including phenoxy) is 3. The van der Waals surface area contributed by atoms with Crippen molar-refractivity contribution < 1.29 is 19.0 Å². The Bertz CT molecular complexity index is 526. The maximum Gasteiger partial charge on any atom is 0.255 e. The molecule has 24 heavy (non-hydrogen) atoms. The van der Waals surface area contributed by atoms with Crippen molar-refractivity contribution in [1.82, 2.24) is 10.2 Å². The van der Waals surface area contributed by atoms with Crippen LogP contribution in [-0.2, 0) is 9.47 Å². The van der Waals surface area contributed by atoms with E-state index in [-0.39, 0.29) is 12.0 Å². The Morgan fingerprint density at radius 2 is 2.08 bits per heavy atom. The lowest BCUT2D eigenvalue weighted by molar-refractivity contribution is 0.0383. The largest absolute Gasteiger partial charge is 0.490 e. The van der Waals surface area contributed by atoms with Gasteiger partial charge >= 0.3 is 0 Å². The fourth-order valence-electron chi connectivity index (χ4n) is 2.99. The Balaban J connectivity index is 1.48. The second-order valence-corrected chi connectivity index (χ2v) is 6.15. The molecule has 1 atom stereocenters. The van der Waals surface area contributed by atoms with Crippen LogP contribution in [-0.4, -0.2) is 69.5 Å². The highest BCUT2D eigenvalue weighted by Crippen LogP contribution is 2.20. The number of para-hydroxylation sites is 1. The number of benzene rings is 1. The standard InChI is InChI=1S/C18H26N2O4/c21-18(19-7-8-20-9-12-22-13-10-20)16-5-1-2-6-17(16)24-14-15-4-3-11-23-15/h1-2,5-6,15H,3-4,7-14H2,(H,19,21). The van der Waals surface area contributed by atoms with Gasteiger partial charge in [-0.25, -0.2) is 0 Å². The number of hydrogen-bond donors (Lipinski definition) is 1. The fourth-order valence-corrected chi connectivity index (χ4v) is 2.99. The number of carbonyl (C=O) groups excluding carboxylic acids is 1. The van der Waals surface area contributed by atoms with Crippen molar-refractivity contribution in [3.05, 3.63) is 29.8 Å². The highest BCUT2D eigenvalue weighted by molar-refractivity contribution is 5.96. The van der Waals surface area contributed by atoms with Gasteiger partial charge < -0.3 is 19.5 Å². The van der Waals surface area contributed by atoms with Crippen molar-refractivity contribution in [2.45, 2.75) is 18.9 Å². The molecule has 6 heteroatoms. The predicted molar refractivity (Wildman–Crippen MR) is 90.5 cm³/mol. The smallest absolute Gasteiger partial charge is 0.255 e. The van der Waals surface area contributed by atoms with E-state index in [0.717, 1.165) is 52.3 Å². The molecule has 132 valence electrons. The summed E-state index contributed by atoms with van der Waals surface area (Å²) < 4.78 is 16.7. The van der Waals surface area contributed by atoms with Crippen molar-refractivity contribution in [2.75, 3.05) is 52.6 Å². The van der Waals surface area contributed by atoms with Gasteiger partial charge in [-0.1, -0.05) is 12.1 Å². The molecule has 6 nitrogen and oxygen atoms in total. The number of hydrogen-bond acceptors (Lipinski definition) is 5. The molecular weight excluding hydrogens is 308 g/mol. The van der Waals surface area contributed by atoms with Gasteiger partial charge in [0.1, 0.15) is 12.4 Å². The van der Waals surface area contributed by atoms with E-state index in [2.05, 4.69) is 10.2 Å². The van der Waals surface area contributed by atoms with Crippen molar-refractivity contribution in [3.8, 4) is 5.75 Å². The van der Waals surface area contributed by atoms with Crippen LogP contribution < -0.4 is 10.1 Å². The summed E-state index contributed by atoms with van der Waals surface area (Å²) in [5, 5.41) is 2.98. The first-order chi connectivity index (χ1) is 11.8. The van der Waals surface area contributed by atoms with Crippen molar-refractivity contribution in [2.24, 2.45) is 0 Å². The molecule has 1 aromatic carbocycles. The normalized spacial score (nSPS) is 21.6. The van der Waals surface area contributed by atoms with Crippen LogP contribution >= 0.6 is 0 Å². The number of rotatable bonds is 7. The van der Waals surface area contributed by atoms with Gasteiger partial charge in [-0.3, -0.25) is 9.69 Å². The third-order valence-corrected chi connectivity index (χ3v) is 4.40. The topological polar surface area (TPSA) is 60.0 Å². The zero-order valence-electron chi connectivity index (χ0n) is 14.0. The van der Waals surface area contributed by atoms with Crippen molar-refractivity contribution in [1.29, 1.82) is 0 Å². The van der Waals surface area contributed by atoms with E-state index in [1.807, 2.05) is 18.2 Å². The van der Waals surface area contributed by atoms with Crippen LogP contribution in [0.2, 0.25) is 0 Å². The lowest BCUT2D eigenvalue weighted by atomic mass is 10.2. The van der Waals surface area contributed by atoms with Crippen molar-refractivity contribution >= 4 is 5.91 Å². The van der Waals surface area contributed by atoms with Crippen LogP contribution in [0.5, 0.6) is 5.75 Å². The Morgan fingerprint density at radius 3 is 2.88 bits per heavy atom. The van der Waals surface area contributed by atoms with Gasteiger partial charge in [0.25, 0.3) is 5.91 Å². The Hall–Kier alpha value is -1.63. The maximum absolute atomic E-state index is 12.4. The third kappa shape index (κ3) is 4.93. The highest BCUT2D eigenvalue weighted by Gasteiger charge is 2.18. The van der Waals surface area contributed by atoms with Gasteiger partial charge in [-0.2, -0.15) is 0 Å². The van der Waals surface area contributed by atoms with Gasteiger partial charge in [0.15, 0.2) is 0 Å². The summed E-state index contributed by atoms with van der Waals surface area (Å²) in [6.07, 6.45) is 2.24. The number of morpholine rings is 1. The minimum Gasteiger partial charge on any atom is -0.490 e. The molecule has 2 fully saturated rings. The van der Waals surface area contributed by atoms with E-state index in [1.54, 1.807) is 6.07 Å². The van der Waals surface area contributed by atoms with E-state index in [0.29, 0.717) is 24.5 Å². The van der Waals surface area contributed by atoms with Gasteiger partial charge in [0.05, 0.1) is 24.9 Å². The number of nitrogens with one attached hydrogen (secondary N) is 1. The highest BCUT2D eigenvalue weighted by atomic mass is 16.5. The van der Waals surface area contributed by atoms with Gasteiger partial charge in [-0.15, -0.1) is 0 Å². The zero-order chi connectivity index (χ0) is 16.6. The molecule has 1 N–H and O–H groups in total. The minimum absolute atomic E-state index is 0.0915. The molecule has 0 aliphatic carbocycles. The number of nitrogens with zero attached hydrogens (tertiary/aromatic N) is 1. The summed E-state index contributed by atoms with van der Waals surface area (Å²) >= 11 is 0. The predicted octanol–water partition coefficient (Wildman–Crippen LogP) is 1.31. The van der Waals surface area contributed by atoms with Crippen LogP contribution in [0.1, 0.15) is 23.2 Å². The Morgan fingerprint density at radius 1 is 1.25 bits per heavy atom. The first-order valence-electron chi connectivity index (χ1n) is 8.74. The van der Waals surface area contributed by atoms with Crippen LogP contribution in [0.15, 0.2) is 24.3 Å². The third-order valence-electron chi connectivity index (χ3n) is 4.40. The molecule has 3 rings (SSSR count). The lowest BCUT2D eigenvalue weighted by Crippen LogP contribution is -2.41. The molecular formula is C18H26N2O4. The monoisotopic (exact) mass is 334 g/mol. The van der Waals surface area contributed by atoms with E-state index in [1.165, 1.54) is 0 Å². The van der Waals surface area contributed by atoms with Gasteiger partial charge in [0.2, 0.25) is 0 Å². The molecule has 2 aliphatic heterocycles. The minimum atomic E-state index is -0.0915. The molecule has 0 bridgehead atoms. The quantitative estimate of drug-likeness (QED) is 0.815. The molecule has 0 radical (unpaired) electrons. The molecule has 2 aliphatic rings. The van der Waals surface area contributed by atoms with Crippen LogP contribution in [0.4, 0.5) is 0 Å². The van der Waals surface area contributed by atoms with Crippen LogP contribution in [0.3, 0.4) is 0 Å². The van der Waals surface area contributed by atoms with E-state index < -0.39 is 0 Å². The zero-order valence-corrected chi connectivity index (χ0v) is 14.0. The molecule has 0 spiro atoms. The first kappa shape index (κ1) is 17.2. The molecule has 2 heterocycles. The molecule has 1 amide bonds. The summed E-state index contributed by atoms with van der Waals surface area (Å²) in [6.45, 7) is 6.17. The van der Waals surface area contributed by atoms with E-state index in [4.69, 9.17) is 14.2 Å². The van der Waals surface area contributed by atoms with Crippen LogP contribution in [0, 0.1) is 0 Å². The molecule has 1 aromatic rings. The lowest BCUT2D eigenvalue weighted by Gasteiger charge is -2.26. The molecule has 0 saturated carbocycles. The molecule has 2 saturated heterocycles. The van der Waals surface area contributed by atoms with Crippen molar-refractivity contribution in [3.63, 3.8) is 0 Å². The molecule has 0 aromatic heterocycles. The molecule has 1 unspecified atom stereocenters. The van der Waals surface area contributed by atoms with Gasteiger partial charge in [0, 0.05) is 32.8 Å². The van der Waals surface area contributed by atoms with E-state index in [9.17, 15) is 4.79 Å². The first-order valence-corrected chi connectivity index (χ1v) is 8.74. The fraction of sp³-hybridized carbons (Fsp3) is 0.611. The number of carbonyl (C=O) groups is 1. The summed E-state index contributed by atoms with van der Waals surface area (Å²) in [6, 6.07) is 7.38. The summed E-state index contributed by atoms with van der Waals surface area (Å²) in [5.74, 6) is 0.531. The summed E-state index contributed by atoms with van der Waals surface area (Å²) in [5.41, 5.74) is 0.581. The Labute approximate surface area is 143 Å². The Kier molecular flexibility index (Phi) is 6.46. The average Bonchev–Trinajstić information content (AvgIpc) is 3.14. The summed E-state index contributed by atoms with van der Waals surface area (Å²) in [7, 11) is 0. The maximum atomic E-state index is 12.4. The van der Waals surface area contributed by atoms with Crippen LogP contribution in [0.25, 0.3) is 0 Å². The average molecular weight is 334 g/mol. The van der Waals surface area contributed by atoms with E-state index >= 15 is 0 Å². The SMILES string of the molecule is O=C(NCCN1CCOCC1)c1ccccc1OCC1CCCO1.